The third-order valence-electron chi connectivity index (χ3n) is 2.93. The van der Waals surface area contributed by atoms with Crippen LogP contribution in [0.5, 0.6) is 0 Å². The van der Waals surface area contributed by atoms with Crippen LogP contribution < -0.4 is 0 Å². The molecule has 3 heteroatoms. The monoisotopic (exact) mass is 372 g/mol. The molecule has 0 bridgehead atoms. The molecule has 0 heterocycles. The van der Waals surface area contributed by atoms with Gasteiger partial charge in [-0.2, -0.15) is 0 Å². The molecule has 0 atom stereocenters. The largest absolute Gasteiger partial charge is 0.249 e. The second-order valence-corrected chi connectivity index (χ2v) is 7.09. The molecule has 0 N–H and O–H groups in total. The third-order valence-corrected chi connectivity index (χ3v) is 4.85. The summed E-state index contributed by atoms with van der Waals surface area (Å²) < 4.78 is 13.1. The normalized spacial score (nSPS) is 9.95. The summed E-state index contributed by atoms with van der Waals surface area (Å²) in [7, 11) is -1.05. The van der Waals surface area contributed by atoms with E-state index in [-0.39, 0.29) is 0 Å². The maximum Gasteiger partial charge on any atom is 0.0849 e. The van der Waals surface area contributed by atoms with Gasteiger partial charge in [0, 0.05) is 14.3 Å². The summed E-state index contributed by atoms with van der Waals surface area (Å²) in [5.41, 5.74) is 1.30. The lowest BCUT2D eigenvalue weighted by Crippen LogP contribution is -1.91. The van der Waals surface area contributed by atoms with Gasteiger partial charge in [0.1, 0.15) is 0 Å². The molecule has 0 spiro atoms. The molecule has 22 heavy (non-hydrogen) atoms. The molecule has 0 amide bonds. The van der Waals surface area contributed by atoms with Crippen LogP contribution in [0, 0.1) is 6.92 Å². The van der Waals surface area contributed by atoms with Gasteiger partial charge in [-0.15, -0.1) is 0 Å². The average molecular weight is 373 g/mol. The van der Waals surface area contributed by atoms with Crippen LogP contribution in [0.4, 0.5) is 0 Å². The minimum absolute atomic E-state index is 0.846. The molecule has 3 rings (SSSR count). The summed E-state index contributed by atoms with van der Waals surface area (Å²) in [5.74, 6) is 0. The molecule has 1 nitrogen and oxygen atoms in total. The van der Waals surface area contributed by atoms with Crippen molar-refractivity contribution in [2.75, 3.05) is 0 Å². The van der Waals surface area contributed by atoms with Crippen LogP contribution >= 0.6 is 15.9 Å². The number of rotatable bonds is 2. The van der Waals surface area contributed by atoms with E-state index in [1.54, 1.807) is 0 Å². The van der Waals surface area contributed by atoms with Crippen LogP contribution in [0.1, 0.15) is 5.56 Å². The lowest BCUT2D eigenvalue weighted by Gasteiger charge is -2.00. The van der Waals surface area contributed by atoms with Crippen molar-refractivity contribution in [3.05, 3.63) is 95.0 Å². The Bertz CT molecular complexity index is 647. The summed E-state index contributed by atoms with van der Waals surface area (Å²) in [6.07, 6.45) is 0. The minimum Gasteiger partial charge on any atom is -0.249 e. The first-order chi connectivity index (χ1) is 10.7. The highest BCUT2D eigenvalue weighted by molar-refractivity contribution is 9.10. The Morgan fingerprint density at radius 1 is 0.682 bits per heavy atom. The molecule has 0 saturated heterocycles. The van der Waals surface area contributed by atoms with Gasteiger partial charge in [-0.1, -0.05) is 70.0 Å². The van der Waals surface area contributed by atoms with Gasteiger partial charge in [0.2, 0.25) is 0 Å². The van der Waals surface area contributed by atoms with E-state index in [1.165, 1.54) is 5.56 Å². The Morgan fingerprint density at radius 3 is 1.45 bits per heavy atom. The summed E-state index contributed by atoms with van der Waals surface area (Å²) in [5, 5.41) is 0. The van der Waals surface area contributed by atoms with Crippen LogP contribution in [0.2, 0.25) is 0 Å². The van der Waals surface area contributed by atoms with Crippen LogP contribution in [-0.2, 0) is 10.8 Å². The number of benzene rings is 3. The van der Waals surface area contributed by atoms with Crippen molar-refractivity contribution in [3.8, 4) is 0 Å². The lowest BCUT2D eigenvalue weighted by atomic mass is 10.2. The van der Waals surface area contributed by atoms with E-state index >= 15 is 0 Å². The quantitative estimate of drug-likeness (QED) is 0.571. The SMILES string of the molecule is Cc1ccc(Br)cc1.O=S(c1ccccc1)c1ccccc1. The number of aryl methyl sites for hydroxylation is 1. The molecule has 112 valence electrons. The van der Waals surface area contributed by atoms with Crippen molar-refractivity contribution >= 4 is 26.7 Å². The Morgan fingerprint density at radius 2 is 1.09 bits per heavy atom. The lowest BCUT2D eigenvalue weighted by molar-refractivity contribution is 0.683. The first kappa shape index (κ1) is 16.7. The molecule has 0 aromatic heterocycles. The highest BCUT2D eigenvalue weighted by atomic mass is 79.9. The fourth-order valence-corrected chi connectivity index (χ4v) is 3.10. The van der Waals surface area contributed by atoms with Crippen molar-refractivity contribution in [3.63, 3.8) is 0 Å². The number of halogens is 1. The standard InChI is InChI=1S/C12H10OS.C7H7Br/c13-14(11-7-3-1-4-8-11)12-9-5-2-6-10-12;1-6-2-4-7(8)5-3-6/h1-10H;2-5H,1H3. The van der Waals surface area contributed by atoms with E-state index < -0.39 is 10.8 Å². The summed E-state index contributed by atoms with van der Waals surface area (Å²) >= 11 is 3.35. The van der Waals surface area contributed by atoms with Crippen LogP contribution in [0.15, 0.2) is 99.2 Å². The zero-order chi connectivity index (χ0) is 15.8. The van der Waals surface area contributed by atoms with Gasteiger partial charge in [-0.25, -0.2) is 4.21 Å². The maximum absolute atomic E-state index is 12.0. The molecule has 0 aliphatic rings. The topological polar surface area (TPSA) is 17.1 Å². The molecule has 0 radical (unpaired) electrons. The Hall–Kier alpha value is -1.71. The number of hydrogen-bond donors (Lipinski definition) is 0. The van der Waals surface area contributed by atoms with Gasteiger partial charge in [0.05, 0.1) is 10.8 Å². The van der Waals surface area contributed by atoms with Crippen molar-refractivity contribution in [1.29, 1.82) is 0 Å². The molecule has 3 aromatic carbocycles. The van der Waals surface area contributed by atoms with Crippen molar-refractivity contribution in [2.24, 2.45) is 0 Å². The zero-order valence-electron chi connectivity index (χ0n) is 12.3. The van der Waals surface area contributed by atoms with Gasteiger partial charge in [-0.05, 0) is 43.3 Å². The predicted molar refractivity (Wildman–Crippen MR) is 96.4 cm³/mol. The molecule has 0 unspecified atom stereocenters. The first-order valence-corrected chi connectivity index (χ1v) is 8.85. The molecule has 0 aliphatic carbocycles. The van der Waals surface area contributed by atoms with E-state index in [9.17, 15) is 4.21 Å². The Balaban J connectivity index is 0.000000188. The zero-order valence-corrected chi connectivity index (χ0v) is 14.7. The summed E-state index contributed by atoms with van der Waals surface area (Å²) in [6, 6.07) is 27.2. The number of hydrogen-bond acceptors (Lipinski definition) is 1. The van der Waals surface area contributed by atoms with E-state index in [0.717, 1.165) is 14.3 Å². The average Bonchev–Trinajstić information content (AvgIpc) is 2.59. The van der Waals surface area contributed by atoms with E-state index in [4.69, 9.17) is 0 Å². The minimum atomic E-state index is -1.05. The van der Waals surface area contributed by atoms with Crippen molar-refractivity contribution in [2.45, 2.75) is 16.7 Å². The highest BCUT2D eigenvalue weighted by Gasteiger charge is 2.04. The van der Waals surface area contributed by atoms with E-state index in [1.807, 2.05) is 72.8 Å². The van der Waals surface area contributed by atoms with Crippen LogP contribution in [0.25, 0.3) is 0 Å². The van der Waals surface area contributed by atoms with Gasteiger partial charge in [0.25, 0.3) is 0 Å². The van der Waals surface area contributed by atoms with Crippen LogP contribution in [-0.4, -0.2) is 4.21 Å². The Labute approximate surface area is 142 Å². The van der Waals surface area contributed by atoms with Gasteiger partial charge in [-0.3, -0.25) is 0 Å². The van der Waals surface area contributed by atoms with E-state index in [2.05, 4.69) is 35.0 Å². The Kier molecular flexibility index (Phi) is 6.56. The van der Waals surface area contributed by atoms with Crippen molar-refractivity contribution < 1.29 is 4.21 Å². The van der Waals surface area contributed by atoms with Crippen LogP contribution in [0.3, 0.4) is 0 Å². The molecule has 0 fully saturated rings. The van der Waals surface area contributed by atoms with Gasteiger partial charge in [0.15, 0.2) is 0 Å². The molecular formula is C19H17BrOS. The summed E-state index contributed by atoms with van der Waals surface area (Å²) in [6.45, 7) is 2.08. The fourth-order valence-electron chi connectivity index (χ4n) is 1.76. The first-order valence-electron chi connectivity index (χ1n) is 6.91. The predicted octanol–water partition coefficient (Wildman–Crippen LogP) is 5.61. The molecule has 0 saturated carbocycles. The highest BCUT2D eigenvalue weighted by Crippen LogP contribution is 2.14. The van der Waals surface area contributed by atoms with Gasteiger partial charge < -0.3 is 0 Å². The molecule has 0 aliphatic heterocycles. The van der Waals surface area contributed by atoms with Gasteiger partial charge >= 0.3 is 0 Å². The maximum atomic E-state index is 12.0. The summed E-state index contributed by atoms with van der Waals surface area (Å²) in [4.78, 5) is 1.69. The molecule has 3 aromatic rings. The fraction of sp³-hybridized carbons (Fsp3) is 0.0526. The van der Waals surface area contributed by atoms with Crippen molar-refractivity contribution in [1.82, 2.24) is 0 Å². The second-order valence-electron chi connectivity index (χ2n) is 4.69. The molecular weight excluding hydrogens is 356 g/mol. The second kappa shape index (κ2) is 8.66. The smallest absolute Gasteiger partial charge is 0.0849 e. The third kappa shape index (κ3) is 5.24. The van der Waals surface area contributed by atoms with E-state index in [0.29, 0.717) is 0 Å².